The van der Waals surface area contributed by atoms with Crippen molar-refractivity contribution in [3.05, 3.63) is 0 Å². The van der Waals surface area contributed by atoms with Gasteiger partial charge in [0.05, 0.1) is 17.1 Å². The number of rotatable bonds is 7. The third kappa shape index (κ3) is 5.67. The Labute approximate surface area is 111 Å². The minimum atomic E-state index is -3.12. The SMILES string of the molecule is CC(C)CNCC(O)CS(=O)(=O)C1CCCCC1. The fourth-order valence-electron chi connectivity index (χ4n) is 2.43. The Balaban J connectivity index is 2.34. The maximum Gasteiger partial charge on any atom is 0.155 e. The monoisotopic (exact) mass is 277 g/mol. The van der Waals surface area contributed by atoms with E-state index in [1.807, 2.05) is 0 Å². The van der Waals surface area contributed by atoms with Gasteiger partial charge in [0, 0.05) is 6.54 Å². The molecule has 0 aromatic rings. The number of nitrogens with one attached hydrogen (secondary N) is 1. The van der Waals surface area contributed by atoms with Crippen molar-refractivity contribution in [2.45, 2.75) is 57.3 Å². The third-order valence-corrected chi connectivity index (χ3v) is 5.75. The zero-order chi connectivity index (χ0) is 13.6. The van der Waals surface area contributed by atoms with Gasteiger partial charge in [0.25, 0.3) is 0 Å². The normalized spacial score (nSPS) is 20.2. The molecule has 0 aromatic carbocycles. The van der Waals surface area contributed by atoms with Gasteiger partial charge in [-0.1, -0.05) is 33.1 Å². The lowest BCUT2D eigenvalue weighted by atomic mass is 10.0. The van der Waals surface area contributed by atoms with Gasteiger partial charge in [0.2, 0.25) is 0 Å². The van der Waals surface area contributed by atoms with Crippen LogP contribution in [0.5, 0.6) is 0 Å². The minimum Gasteiger partial charge on any atom is -0.391 e. The Bertz CT molecular complexity index is 321. The van der Waals surface area contributed by atoms with Crippen LogP contribution >= 0.6 is 0 Å². The van der Waals surface area contributed by atoms with Gasteiger partial charge >= 0.3 is 0 Å². The van der Waals surface area contributed by atoms with Crippen LogP contribution in [-0.4, -0.2) is 43.7 Å². The van der Waals surface area contributed by atoms with Gasteiger partial charge in [-0.25, -0.2) is 8.42 Å². The molecule has 1 aliphatic carbocycles. The van der Waals surface area contributed by atoms with Crippen LogP contribution in [0, 0.1) is 5.92 Å². The largest absolute Gasteiger partial charge is 0.391 e. The predicted octanol–water partition coefficient (Wildman–Crippen LogP) is 1.34. The van der Waals surface area contributed by atoms with Crippen LogP contribution in [0.2, 0.25) is 0 Å². The molecule has 4 nitrogen and oxygen atoms in total. The maximum absolute atomic E-state index is 12.1. The lowest BCUT2D eigenvalue weighted by Crippen LogP contribution is -2.37. The Morgan fingerprint density at radius 3 is 2.33 bits per heavy atom. The molecule has 108 valence electrons. The van der Waals surface area contributed by atoms with Crippen LogP contribution in [0.15, 0.2) is 0 Å². The highest BCUT2D eigenvalue weighted by molar-refractivity contribution is 7.92. The molecule has 0 heterocycles. The molecule has 0 radical (unpaired) electrons. The number of sulfone groups is 1. The number of aliphatic hydroxyl groups excluding tert-OH is 1. The van der Waals surface area contributed by atoms with E-state index in [9.17, 15) is 13.5 Å². The summed E-state index contributed by atoms with van der Waals surface area (Å²) in [5.74, 6) is 0.412. The standard InChI is InChI=1S/C13H27NO3S/c1-11(2)8-14-9-12(15)10-18(16,17)13-6-4-3-5-7-13/h11-15H,3-10H2,1-2H3. The van der Waals surface area contributed by atoms with Crippen LogP contribution in [0.1, 0.15) is 46.0 Å². The Morgan fingerprint density at radius 2 is 1.78 bits per heavy atom. The predicted molar refractivity (Wildman–Crippen MR) is 74.4 cm³/mol. The Kier molecular flexibility index (Phi) is 6.60. The summed E-state index contributed by atoms with van der Waals surface area (Å²) in [5.41, 5.74) is 0. The molecular formula is C13H27NO3S. The molecule has 0 amide bonds. The van der Waals surface area contributed by atoms with Crippen molar-refractivity contribution in [1.29, 1.82) is 0 Å². The first-order chi connectivity index (χ1) is 8.42. The summed E-state index contributed by atoms with van der Waals surface area (Å²) < 4.78 is 24.2. The molecule has 1 fully saturated rings. The molecule has 0 spiro atoms. The van der Waals surface area contributed by atoms with Crippen molar-refractivity contribution in [2.75, 3.05) is 18.8 Å². The van der Waals surface area contributed by atoms with Gasteiger partial charge in [0.1, 0.15) is 0 Å². The van der Waals surface area contributed by atoms with E-state index in [4.69, 9.17) is 0 Å². The summed E-state index contributed by atoms with van der Waals surface area (Å²) in [6, 6.07) is 0. The first-order valence-corrected chi connectivity index (χ1v) is 8.73. The molecule has 1 saturated carbocycles. The molecule has 18 heavy (non-hydrogen) atoms. The summed E-state index contributed by atoms with van der Waals surface area (Å²) >= 11 is 0. The van der Waals surface area contributed by atoms with Crippen molar-refractivity contribution >= 4 is 9.84 Å². The topological polar surface area (TPSA) is 66.4 Å². The molecule has 1 atom stereocenters. The van der Waals surface area contributed by atoms with Crippen molar-refractivity contribution in [3.63, 3.8) is 0 Å². The molecule has 0 saturated heterocycles. The summed E-state index contributed by atoms with van der Waals surface area (Å²) in [6.45, 7) is 5.33. The van der Waals surface area contributed by atoms with Crippen molar-refractivity contribution < 1.29 is 13.5 Å². The summed E-state index contributed by atoms with van der Waals surface area (Å²) in [6.07, 6.45) is 3.92. The molecule has 0 bridgehead atoms. The van der Waals surface area contributed by atoms with Gasteiger partial charge in [-0.15, -0.1) is 0 Å². The fraction of sp³-hybridized carbons (Fsp3) is 1.00. The number of hydrogen-bond donors (Lipinski definition) is 2. The molecular weight excluding hydrogens is 250 g/mol. The van der Waals surface area contributed by atoms with E-state index in [1.165, 1.54) is 0 Å². The fourth-order valence-corrected chi connectivity index (χ4v) is 4.40. The second kappa shape index (κ2) is 7.46. The quantitative estimate of drug-likeness (QED) is 0.737. The van der Waals surface area contributed by atoms with Crippen molar-refractivity contribution in [1.82, 2.24) is 5.32 Å². The number of aliphatic hydroxyl groups is 1. The third-order valence-electron chi connectivity index (χ3n) is 3.42. The van der Waals surface area contributed by atoms with E-state index in [0.717, 1.165) is 38.6 Å². The second-order valence-electron chi connectivity index (χ2n) is 5.80. The number of hydrogen-bond acceptors (Lipinski definition) is 4. The minimum absolute atomic E-state index is 0.0945. The zero-order valence-corrected chi connectivity index (χ0v) is 12.4. The van der Waals surface area contributed by atoms with Crippen LogP contribution in [0.3, 0.4) is 0 Å². The molecule has 0 aliphatic heterocycles. The average molecular weight is 277 g/mol. The van der Waals surface area contributed by atoms with E-state index in [0.29, 0.717) is 12.5 Å². The second-order valence-corrected chi connectivity index (χ2v) is 8.12. The molecule has 1 rings (SSSR count). The lowest BCUT2D eigenvalue weighted by Gasteiger charge is -2.23. The maximum atomic E-state index is 12.1. The molecule has 1 unspecified atom stereocenters. The summed E-state index contributed by atoms with van der Waals surface area (Å²) in [5, 5.41) is 12.7. The highest BCUT2D eigenvalue weighted by Gasteiger charge is 2.29. The summed E-state index contributed by atoms with van der Waals surface area (Å²) in [4.78, 5) is 0. The lowest BCUT2D eigenvalue weighted by molar-refractivity contribution is 0.192. The molecule has 0 aromatic heterocycles. The van der Waals surface area contributed by atoms with Gasteiger partial charge in [0.15, 0.2) is 9.84 Å². The van der Waals surface area contributed by atoms with E-state index in [2.05, 4.69) is 19.2 Å². The molecule has 5 heteroatoms. The van der Waals surface area contributed by atoms with Gasteiger partial charge < -0.3 is 10.4 Å². The first kappa shape index (κ1) is 15.9. The molecule has 1 aliphatic rings. The van der Waals surface area contributed by atoms with Crippen molar-refractivity contribution in [3.8, 4) is 0 Å². The zero-order valence-electron chi connectivity index (χ0n) is 11.6. The van der Waals surface area contributed by atoms with E-state index >= 15 is 0 Å². The first-order valence-electron chi connectivity index (χ1n) is 7.02. The highest BCUT2D eigenvalue weighted by Crippen LogP contribution is 2.24. The molecule has 2 N–H and O–H groups in total. The van der Waals surface area contributed by atoms with Crippen molar-refractivity contribution in [2.24, 2.45) is 5.92 Å². The van der Waals surface area contributed by atoms with Crippen LogP contribution in [0.4, 0.5) is 0 Å². The van der Waals surface area contributed by atoms with Gasteiger partial charge in [-0.3, -0.25) is 0 Å². The Hall–Kier alpha value is -0.130. The van der Waals surface area contributed by atoms with Gasteiger partial charge in [-0.2, -0.15) is 0 Å². The highest BCUT2D eigenvalue weighted by atomic mass is 32.2. The van der Waals surface area contributed by atoms with Crippen LogP contribution in [-0.2, 0) is 9.84 Å². The van der Waals surface area contributed by atoms with Gasteiger partial charge in [-0.05, 0) is 25.3 Å². The van der Waals surface area contributed by atoms with Crippen LogP contribution in [0.25, 0.3) is 0 Å². The van der Waals surface area contributed by atoms with Crippen LogP contribution < -0.4 is 5.32 Å². The summed E-state index contributed by atoms with van der Waals surface area (Å²) in [7, 11) is -3.12. The smallest absolute Gasteiger partial charge is 0.155 e. The van der Waals surface area contributed by atoms with E-state index in [-0.39, 0.29) is 11.0 Å². The average Bonchev–Trinajstić information content (AvgIpc) is 2.29. The Morgan fingerprint density at radius 1 is 1.17 bits per heavy atom. The van der Waals surface area contributed by atoms with E-state index < -0.39 is 15.9 Å². The van der Waals surface area contributed by atoms with E-state index in [1.54, 1.807) is 0 Å².